The van der Waals surface area contributed by atoms with Gasteiger partial charge in [0.15, 0.2) is 5.96 Å². The predicted molar refractivity (Wildman–Crippen MR) is 93.0 cm³/mol. The summed E-state index contributed by atoms with van der Waals surface area (Å²) in [6, 6.07) is 0.488. The van der Waals surface area contributed by atoms with Crippen LogP contribution < -0.4 is 10.6 Å². The van der Waals surface area contributed by atoms with Gasteiger partial charge < -0.3 is 15.4 Å². The van der Waals surface area contributed by atoms with Crippen LogP contribution in [0.15, 0.2) is 4.99 Å². The minimum absolute atomic E-state index is 0.0197. The molecule has 6 nitrogen and oxygen atoms in total. The number of thiazole rings is 1. The van der Waals surface area contributed by atoms with Crippen LogP contribution in [0.2, 0.25) is 0 Å². The maximum atomic E-state index is 11.9. The fourth-order valence-corrected chi connectivity index (χ4v) is 3.21. The number of nitrogens with one attached hydrogen (secondary N) is 2. The Kier molecular flexibility index (Phi) is 5.98. The number of aryl methyl sites for hydroxylation is 1. The lowest BCUT2D eigenvalue weighted by molar-refractivity contribution is 0.0531. The summed E-state index contributed by atoms with van der Waals surface area (Å²) in [6.45, 7) is 11.0. The van der Waals surface area contributed by atoms with Crippen LogP contribution in [0.25, 0.3) is 0 Å². The third kappa shape index (κ3) is 4.67. The minimum Gasteiger partial charge on any atom is -0.462 e. The number of nitrogens with zero attached hydrogens (tertiary/aromatic N) is 2. The molecule has 0 radical (unpaired) electrons. The quantitative estimate of drug-likeness (QED) is 0.474. The highest BCUT2D eigenvalue weighted by molar-refractivity contribution is 7.13. The van der Waals surface area contributed by atoms with Crippen LogP contribution in [0.1, 0.15) is 60.5 Å². The zero-order chi connectivity index (χ0) is 17.0. The molecule has 2 N–H and O–H groups in total. The lowest BCUT2D eigenvalue weighted by Crippen LogP contribution is -2.40. The van der Waals surface area contributed by atoms with E-state index in [9.17, 15) is 4.79 Å². The lowest BCUT2D eigenvalue weighted by Gasteiger charge is -2.16. The van der Waals surface area contributed by atoms with Crippen molar-refractivity contribution in [3.63, 3.8) is 0 Å². The van der Waals surface area contributed by atoms with Gasteiger partial charge in [0.2, 0.25) is 0 Å². The second kappa shape index (κ2) is 7.77. The molecule has 1 fully saturated rings. The third-order valence-electron chi connectivity index (χ3n) is 3.75. The fourth-order valence-electron chi connectivity index (χ4n) is 2.25. The van der Waals surface area contributed by atoms with E-state index in [1.807, 2.05) is 20.8 Å². The molecule has 1 aliphatic rings. The Morgan fingerprint density at radius 2 is 2.22 bits per heavy atom. The maximum absolute atomic E-state index is 11.9. The highest BCUT2D eigenvalue weighted by atomic mass is 32.1. The van der Waals surface area contributed by atoms with Crippen molar-refractivity contribution in [2.75, 3.05) is 13.2 Å². The van der Waals surface area contributed by atoms with Gasteiger partial charge in [0, 0.05) is 12.6 Å². The molecule has 0 spiro atoms. The van der Waals surface area contributed by atoms with Crippen LogP contribution in [-0.4, -0.2) is 36.1 Å². The van der Waals surface area contributed by atoms with E-state index in [0.717, 1.165) is 16.7 Å². The SMILES string of the molecule is CCN=C(NC(C)c1nc(C)c(C(=O)OCC)s1)NC1CC1C. The molecule has 7 heteroatoms. The van der Waals surface area contributed by atoms with E-state index in [-0.39, 0.29) is 12.0 Å². The number of hydrogen-bond acceptors (Lipinski definition) is 5. The van der Waals surface area contributed by atoms with Crippen molar-refractivity contribution in [3.8, 4) is 0 Å². The van der Waals surface area contributed by atoms with Gasteiger partial charge in [0.05, 0.1) is 18.3 Å². The van der Waals surface area contributed by atoms with E-state index in [1.165, 1.54) is 17.8 Å². The number of ether oxygens (including phenoxy) is 1. The van der Waals surface area contributed by atoms with Gasteiger partial charge in [-0.1, -0.05) is 6.92 Å². The molecule has 2 rings (SSSR count). The van der Waals surface area contributed by atoms with E-state index in [0.29, 0.717) is 30.0 Å². The molecule has 3 atom stereocenters. The average Bonchev–Trinajstić information content (AvgIpc) is 3.03. The summed E-state index contributed by atoms with van der Waals surface area (Å²) in [5.74, 6) is 1.21. The predicted octanol–water partition coefficient (Wildman–Crippen LogP) is 2.65. The normalized spacial score (nSPS) is 21.7. The monoisotopic (exact) mass is 338 g/mol. The molecule has 0 bridgehead atoms. The van der Waals surface area contributed by atoms with Crippen molar-refractivity contribution in [3.05, 3.63) is 15.6 Å². The van der Waals surface area contributed by atoms with Gasteiger partial charge in [0.1, 0.15) is 9.88 Å². The Labute approximate surface area is 141 Å². The molecule has 1 heterocycles. The Morgan fingerprint density at radius 1 is 1.52 bits per heavy atom. The number of aromatic nitrogens is 1. The van der Waals surface area contributed by atoms with Gasteiger partial charge >= 0.3 is 5.97 Å². The summed E-state index contributed by atoms with van der Waals surface area (Å²) in [5, 5.41) is 7.66. The number of guanidine groups is 1. The summed E-state index contributed by atoms with van der Waals surface area (Å²) in [6.07, 6.45) is 1.18. The first-order valence-corrected chi connectivity index (χ1v) is 8.99. The number of esters is 1. The Bertz CT molecular complexity index is 585. The first kappa shape index (κ1) is 17.7. The van der Waals surface area contributed by atoms with Gasteiger partial charge in [0.25, 0.3) is 0 Å². The first-order valence-electron chi connectivity index (χ1n) is 8.18. The maximum Gasteiger partial charge on any atom is 0.350 e. The summed E-state index contributed by atoms with van der Waals surface area (Å²) in [5.41, 5.74) is 0.717. The number of hydrogen-bond donors (Lipinski definition) is 2. The van der Waals surface area contributed by atoms with Crippen molar-refractivity contribution < 1.29 is 9.53 Å². The smallest absolute Gasteiger partial charge is 0.350 e. The zero-order valence-electron chi connectivity index (χ0n) is 14.5. The van der Waals surface area contributed by atoms with Gasteiger partial charge in [-0.25, -0.2) is 9.78 Å². The topological polar surface area (TPSA) is 75.6 Å². The molecule has 0 amide bonds. The van der Waals surface area contributed by atoms with Gasteiger partial charge in [-0.05, 0) is 40.0 Å². The number of carbonyl (C=O) groups is 1. The largest absolute Gasteiger partial charge is 0.462 e. The Morgan fingerprint density at radius 3 is 2.78 bits per heavy atom. The van der Waals surface area contributed by atoms with Crippen molar-refractivity contribution in [2.45, 2.75) is 53.1 Å². The average molecular weight is 338 g/mol. The van der Waals surface area contributed by atoms with Gasteiger partial charge in [-0.2, -0.15) is 0 Å². The number of rotatable bonds is 6. The van der Waals surface area contributed by atoms with Gasteiger partial charge in [-0.15, -0.1) is 11.3 Å². The fraction of sp³-hybridized carbons (Fsp3) is 0.688. The van der Waals surface area contributed by atoms with Crippen LogP contribution in [0.5, 0.6) is 0 Å². The minimum atomic E-state index is -0.298. The molecule has 0 saturated heterocycles. The van der Waals surface area contributed by atoms with Crippen molar-refractivity contribution in [1.82, 2.24) is 15.6 Å². The standard InChI is InChI=1S/C16H26N4O2S/c1-6-17-16(20-12-8-9(12)3)19-11(5)14-18-10(4)13(23-14)15(21)22-7-2/h9,11-12H,6-8H2,1-5H3,(H2,17,19,20). The van der Waals surface area contributed by atoms with Crippen LogP contribution in [0.3, 0.4) is 0 Å². The molecule has 3 unspecified atom stereocenters. The number of aliphatic imine (C=N–C) groups is 1. The molecule has 128 valence electrons. The second-order valence-electron chi connectivity index (χ2n) is 5.84. The summed E-state index contributed by atoms with van der Waals surface area (Å²) >= 11 is 1.38. The van der Waals surface area contributed by atoms with E-state index < -0.39 is 0 Å². The van der Waals surface area contributed by atoms with E-state index in [1.54, 1.807) is 6.92 Å². The summed E-state index contributed by atoms with van der Waals surface area (Å²) in [4.78, 5) is 21.5. The molecule has 1 saturated carbocycles. The van der Waals surface area contributed by atoms with Crippen molar-refractivity contribution >= 4 is 23.3 Å². The van der Waals surface area contributed by atoms with Crippen LogP contribution >= 0.6 is 11.3 Å². The van der Waals surface area contributed by atoms with E-state index in [4.69, 9.17) is 4.74 Å². The number of carbonyl (C=O) groups excluding carboxylic acids is 1. The Balaban J connectivity index is 2.04. The molecular formula is C16H26N4O2S. The highest BCUT2D eigenvalue weighted by Crippen LogP contribution is 2.29. The van der Waals surface area contributed by atoms with Gasteiger partial charge in [-0.3, -0.25) is 4.99 Å². The first-order chi connectivity index (χ1) is 11.0. The van der Waals surface area contributed by atoms with E-state index >= 15 is 0 Å². The summed E-state index contributed by atoms with van der Waals surface area (Å²) < 4.78 is 5.07. The second-order valence-corrected chi connectivity index (χ2v) is 6.87. The molecule has 1 aromatic rings. The summed E-state index contributed by atoms with van der Waals surface area (Å²) in [7, 11) is 0. The zero-order valence-corrected chi connectivity index (χ0v) is 15.3. The molecular weight excluding hydrogens is 312 g/mol. The molecule has 1 aromatic heterocycles. The van der Waals surface area contributed by atoms with Crippen LogP contribution in [0, 0.1) is 12.8 Å². The Hall–Kier alpha value is -1.63. The van der Waals surface area contributed by atoms with Crippen LogP contribution in [0.4, 0.5) is 0 Å². The van der Waals surface area contributed by atoms with Crippen molar-refractivity contribution in [1.29, 1.82) is 0 Å². The molecule has 23 heavy (non-hydrogen) atoms. The third-order valence-corrected chi connectivity index (χ3v) is 5.07. The lowest BCUT2D eigenvalue weighted by atomic mass is 10.3. The highest BCUT2D eigenvalue weighted by Gasteiger charge is 2.33. The molecule has 0 aliphatic heterocycles. The molecule has 1 aliphatic carbocycles. The van der Waals surface area contributed by atoms with Crippen LogP contribution in [-0.2, 0) is 4.74 Å². The molecule has 0 aromatic carbocycles. The van der Waals surface area contributed by atoms with Crippen molar-refractivity contribution in [2.24, 2.45) is 10.9 Å². The van der Waals surface area contributed by atoms with E-state index in [2.05, 4.69) is 27.5 Å².